The third kappa shape index (κ3) is 4.91. The van der Waals surface area contributed by atoms with Gasteiger partial charge >= 0.3 is 6.03 Å². The average Bonchev–Trinajstić information content (AvgIpc) is 3.09. The Bertz CT molecular complexity index is 956. The van der Waals surface area contributed by atoms with E-state index in [1.807, 2.05) is 37.3 Å². The lowest BCUT2D eigenvalue weighted by molar-refractivity contribution is -0.123. The fourth-order valence-corrected chi connectivity index (χ4v) is 4.26. The number of carbonyl (C=O) groups excluding carboxylic acids is 3. The number of carbonyl (C=O) groups is 3. The highest BCUT2D eigenvalue weighted by Gasteiger charge is 2.43. The second-order valence-corrected chi connectivity index (χ2v) is 7.99. The summed E-state index contributed by atoms with van der Waals surface area (Å²) in [5.41, 5.74) is 1.31. The van der Waals surface area contributed by atoms with Crippen LogP contribution in [0, 0.1) is 0 Å². The molecule has 4 rings (SSSR count). The van der Waals surface area contributed by atoms with Gasteiger partial charge in [-0.3, -0.25) is 14.5 Å². The molecule has 0 saturated carbocycles. The topological polar surface area (TPSA) is 91.0 Å². The molecule has 168 valence electrons. The van der Waals surface area contributed by atoms with Gasteiger partial charge in [-0.25, -0.2) is 9.69 Å². The molecule has 8 heteroatoms. The minimum absolute atomic E-state index is 0.0318. The standard InChI is InChI=1S/C24H28N4O4/c1-2-32-20-10-8-19(9-11-20)28-22(29)16-21(23(28)30)27-14-12-18(13-15-27)26-24(31)25-17-6-4-3-5-7-17/h3-11,18,21H,2,12-16H2,1H3,(H2,25,26,31)/t21-/m1/s1. The van der Waals surface area contributed by atoms with Gasteiger partial charge in [-0.1, -0.05) is 18.2 Å². The molecule has 32 heavy (non-hydrogen) atoms. The largest absolute Gasteiger partial charge is 0.494 e. The van der Waals surface area contributed by atoms with Crippen molar-refractivity contribution in [1.29, 1.82) is 0 Å². The predicted octanol–water partition coefficient (Wildman–Crippen LogP) is 3.00. The van der Waals surface area contributed by atoms with Crippen LogP contribution in [0.3, 0.4) is 0 Å². The molecule has 2 aliphatic rings. The number of ether oxygens (including phenoxy) is 1. The monoisotopic (exact) mass is 436 g/mol. The molecule has 0 unspecified atom stereocenters. The molecule has 2 heterocycles. The van der Waals surface area contributed by atoms with Crippen LogP contribution in [-0.2, 0) is 9.59 Å². The van der Waals surface area contributed by atoms with Crippen LogP contribution in [0.1, 0.15) is 26.2 Å². The number of amides is 4. The number of urea groups is 1. The van der Waals surface area contributed by atoms with E-state index in [2.05, 4.69) is 15.5 Å². The number of hydrogen-bond donors (Lipinski definition) is 2. The van der Waals surface area contributed by atoms with Gasteiger partial charge in [0.2, 0.25) is 5.91 Å². The van der Waals surface area contributed by atoms with Crippen molar-refractivity contribution < 1.29 is 19.1 Å². The Morgan fingerprint density at radius 2 is 1.72 bits per heavy atom. The van der Waals surface area contributed by atoms with Crippen LogP contribution < -0.4 is 20.3 Å². The molecule has 0 bridgehead atoms. The predicted molar refractivity (Wildman–Crippen MR) is 122 cm³/mol. The van der Waals surface area contributed by atoms with E-state index in [-0.39, 0.29) is 30.3 Å². The van der Waals surface area contributed by atoms with Gasteiger partial charge in [-0.2, -0.15) is 0 Å². The molecule has 2 aromatic carbocycles. The van der Waals surface area contributed by atoms with E-state index in [0.717, 1.165) is 18.5 Å². The molecule has 4 amide bonds. The summed E-state index contributed by atoms with van der Waals surface area (Å²) in [4.78, 5) is 41.2. The lowest BCUT2D eigenvalue weighted by Crippen LogP contribution is -2.50. The zero-order valence-corrected chi connectivity index (χ0v) is 18.1. The molecule has 0 aromatic heterocycles. The Morgan fingerprint density at radius 3 is 2.38 bits per heavy atom. The van der Waals surface area contributed by atoms with E-state index in [4.69, 9.17) is 4.74 Å². The lowest BCUT2D eigenvalue weighted by atomic mass is 10.0. The quantitative estimate of drug-likeness (QED) is 0.680. The molecule has 0 aliphatic carbocycles. The minimum Gasteiger partial charge on any atom is -0.494 e. The van der Waals surface area contributed by atoms with Crippen molar-refractivity contribution in [3.8, 4) is 5.75 Å². The summed E-state index contributed by atoms with van der Waals surface area (Å²) in [5, 5.41) is 5.82. The Hall–Kier alpha value is -3.39. The van der Waals surface area contributed by atoms with Gasteiger partial charge < -0.3 is 15.4 Å². The molecule has 0 radical (unpaired) electrons. The van der Waals surface area contributed by atoms with E-state index in [1.165, 1.54) is 4.90 Å². The normalized spacial score (nSPS) is 19.8. The van der Waals surface area contributed by atoms with Crippen molar-refractivity contribution in [2.24, 2.45) is 0 Å². The van der Waals surface area contributed by atoms with Crippen LogP contribution in [0.5, 0.6) is 5.75 Å². The lowest BCUT2D eigenvalue weighted by Gasteiger charge is -2.35. The number of hydrogen-bond acceptors (Lipinski definition) is 5. The minimum atomic E-state index is -0.451. The summed E-state index contributed by atoms with van der Waals surface area (Å²) in [7, 11) is 0. The summed E-state index contributed by atoms with van der Waals surface area (Å²) in [5.74, 6) is 0.330. The van der Waals surface area contributed by atoms with E-state index in [0.29, 0.717) is 31.1 Å². The first-order valence-corrected chi connectivity index (χ1v) is 11.0. The SMILES string of the molecule is CCOc1ccc(N2C(=O)C[C@@H](N3CCC(NC(=O)Nc4ccccc4)CC3)C2=O)cc1. The number of imide groups is 1. The number of likely N-dealkylation sites (tertiary alicyclic amines) is 1. The highest BCUT2D eigenvalue weighted by molar-refractivity contribution is 6.22. The molecule has 1 atom stereocenters. The van der Waals surface area contributed by atoms with Crippen LogP contribution in [0.25, 0.3) is 0 Å². The maximum atomic E-state index is 13.0. The first-order chi connectivity index (χ1) is 15.5. The van der Waals surface area contributed by atoms with Crippen LogP contribution in [0.2, 0.25) is 0 Å². The molecule has 2 aromatic rings. The Balaban J connectivity index is 1.30. The number of nitrogens with one attached hydrogen (secondary N) is 2. The highest BCUT2D eigenvalue weighted by Crippen LogP contribution is 2.28. The van der Waals surface area contributed by atoms with Crippen LogP contribution >= 0.6 is 0 Å². The van der Waals surface area contributed by atoms with Gasteiger partial charge in [0, 0.05) is 24.8 Å². The first kappa shape index (κ1) is 21.8. The van der Waals surface area contributed by atoms with Crippen molar-refractivity contribution >= 4 is 29.2 Å². The van der Waals surface area contributed by atoms with Gasteiger partial charge in [0.15, 0.2) is 0 Å². The van der Waals surface area contributed by atoms with E-state index < -0.39 is 6.04 Å². The molecule has 8 nitrogen and oxygen atoms in total. The van der Waals surface area contributed by atoms with Crippen LogP contribution in [0.4, 0.5) is 16.2 Å². The number of nitrogens with zero attached hydrogens (tertiary/aromatic N) is 2. The maximum Gasteiger partial charge on any atom is 0.319 e. The number of piperidine rings is 1. The molecular weight excluding hydrogens is 408 g/mol. The third-order valence-corrected chi connectivity index (χ3v) is 5.87. The van der Waals surface area contributed by atoms with Crippen molar-refractivity contribution in [1.82, 2.24) is 10.2 Å². The van der Waals surface area contributed by atoms with Gasteiger partial charge in [0.05, 0.1) is 24.8 Å². The third-order valence-electron chi connectivity index (χ3n) is 5.87. The molecular formula is C24H28N4O4. The fourth-order valence-electron chi connectivity index (χ4n) is 4.26. The molecule has 2 saturated heterocycles. The number of para-hydroxylation sites is 1. The van der Waals surface area contributed by atoms with Gasteiger partial charge in [-0.15, -0.1) is 0 Å². The number of benzene rings is 2. The Labute approximate surface area is 187 Å². The average molecular weight is 437 g/mol. The highest BCUT2D eigenvalue weighted by atomic mass is 16.5. The van der Waals surface area contributed by atoms with Crippen molar-refractivity contribution in [3.63, 3.8) is 0 Å². The van der Waals surface area contributed by atoms with Crippen LogP contribution in [-0.4, -0.2) is 54.5 Å². The Kier molecular flexibility index (Phi) is 6.70. The fraction of sp³-hybridized carbons (Fsp3) is 0.375. The van der Waals surface area contributed by atoms with Crippen molar-refractivity contribution in [2.45, 2.75) is 38.3 Å². The second kappa shape index (κ2) is 9.82. The van der Waals surface area contributed by atoms with Gasteiger partial charge in [0.25, 0.3) is 5.91 Å². The van der Waals surface area contributed by atoms with Gasteiger partial charge in [0.1, 0.15) is 5.75 Å². The second-order valence-electron chi connectivity index (χ2n) is 7.99. The zero-order chi connectivity index (χ0) is 22.5. The van der Waals surface area contributed by atoms with Crippen LogP contribution in [0.15, 0.2) is 54.6 Å². The van der Waals surface area contributed by atoms with E-state index in [1.54, 1.807) is 24.3 Å². The summed E-state index contributed by atoms with van der Waals surface area (Å²) >= 11 is 0. The Morgan fingerprint density at radius 1 is 1.03 bits per heavy atom. The van der Waals surface area contributed by atoms with Gasteiger partial charge in [-0.05, 0) is 56.2 Å². The number of rotatable bonds is 6. The zero-order valence-electron chi connectivity index (χ0n) is 18.1. The van der Waals surface area contributed by atoms with Crippen molar-refractivity contribution in [3.05, 3.63) is 54.6 Å². The molecule has 0 spiro atoms. The van der Waals surface area contributed by atoms with E-state index >= 15 is 0 Å². The molecule has 2 aliphatic heterocycles. The smallest absolute Gasteiger partial charge is 0.319 e. The summed E-state index contributed by atoms with van der Waals surface area (Å²) in [6, 6.07) is 15.7. The first-order valence-electron chi connectivity index (χ1n) is 11.0. The molecule has 2 N–H and O–H groups in total. The number of anilines is 2. The summed E-state index contributed by atoms with van der Waals surface area (Å²) in [6.45, 7) is 3.76. The maximum absolute atomic E-state index is 13.0. The van der Waals surface area contributed by atoms with Crippen molar-refractivity contribution in [2.75, 3.05) is 29.9 Å². The summed E-state index contributed by atoms with van der Waals surface area (Å²) < 4.78 is 5.43. The van der Waals surface area contributed by atoms with E-state index in [9.17, 15) is 14.4 Å². The molecule has 2 fully saturated rings. The summed E-state index contributed by atoms with van der Waals surface area (Å²) in [6.07, 6.45) is 1.63.